The number of nitrogens with zero attached hydrogens (tertiary/aromatic N) is 2. The van der Waals surface area contributed by atoms with Crippen molar-refractivity contribution < 1.29 is 14.7 Å². The number of hydrogen-bond acceptors (Lipinski definition) is 5. The highest BCUT2D eigenvalue weighted by atomic mass is 16.3. The molecule has 1 amide bonds. The molecule has 2 aromatic rings. The molecule has 1 saturated heterocycles. The van der Waals surface area contributed by atoms with E-state index in [1.54, 1.807) is 12.1 Å². The van der Waals surface area contributed by atoms with E-state index < -0.39 is 0 Å². The highest BCUT2D eigenvalue weighted by molar-refractivity contribution is 5.96. The molecule has 1 saturated carbocycles. The predicted octanol–water partition coefficient (Wildman–Crippen LogP) is 3.44. The van der Waals surface area contributed by atoms with Gasteiger partial charge in [-0.1, -0.05) is 17.7 Å². The van der Waals surface area contributed by atoms with Gasteiger partial charge in [-0.05, 0) is 62.8 Å². The van der Waals surface area contributed by atoms with Gasteiger partial charge >= 0.3 is 0 Å². The van der Waals surface area contributed by atoms with E-state index in [1.807, 2.05) is 31.2 Å². The summed E-state index contributed by atoms with van der Waals surface area (Å²) in [7, 11) is 0. The lowest BCUT2D eigenvalue weighted by Crippen LogP contribution is -2.53. The van der Waals surface area contributed by atoms with Crippen LogP contribution in [0.4, 0.5) is 0 Å². The Labute approximate surface area is 183 Å². The van der Waals surface area contributed by atoms with E-state index in [2.05, 4.69) is 15.2 Å². The molecule has 31 heavy (non-hydrogen) atoms. The summed E-state index contributed by atoms with van der Waals surface area (Å²) in [5.74, 6) is 1.01. The summed E-state index contributed by atoms with van der Waals surface area (Å²) in [6.45, 7) is 4.00. The van der Waals surface area contributed by atoms with Crippen LogP contribution in [-0.2, 0) is 4.79 Å². The average molecular weight is 422 g/mol. The van der Waals surface area contributed by atoms with E-state index in [0.29, 0.717) is 29.9 Å². The van der Waals surface area contributed by atoms with Crippen LogP contribution < -0.4 is 5.32 Å². The smallest absolute Gasteiger partial charge is 0.251 e. The van der Waals surface area contributed by atoms with Crippen LogP contribution in [0.1, 0.15) is 59.6 Å². The van der Waals surface area contributed by atoms with E-state index in [0.717, 1.165) is 50.0 Å². The summed E-state index contributed by atoms with van der Waals surface area (Å²) < 4.78 is 0. The van der Waals surface area contributed by atoms with Gasteiger partial charge in [-0.2, -0.15) is 0 Å². The van der Waals surface area contributed by atoms with Crippen LogP contribution in [0.2, 0.25) is 0 Å². The predicted molar refractivity (Wildman–Crippen MR) is 119 cm³/mol. The highest BCUT2D eigenvalue weighted by Crippen LogP contribution is 2.36. The molecule has 2 aliphatic rings. The fourth-order valence-electron chi connectivity index (χ4n) is 4.87. The minimum Gasteiger partial charge on any atom is -0.506 e. The van der Waals surface area contributed by atoms with E-state index in [1.165, 1.54) is 6.20 Å². The van der Waals surface area contributed by atoms with Gasteiger partial charge in [-0.15, -0.1) is 0 Å². The van der Waals surface area contributed by atoms with Gasteiger partial charge in [0, 0.05) is 42.7 Å². The number of carbonyl (C=O) groups is 2. The second kappa shape index (κ2) is 9.60. The SMILES string of the molecule is Cc1cccc(C(=O)NCC(=O)CC2CN(C3CCC(c4ccc(O)cn4)CC3)C2)c1. The fourth-order valence-corrected chi connectivity index (χ4v) is 4.87. The Morgan fingerprint density at radius 3 is 2.58 bits per heavy atom. The van der Waals surface area contributed by atoms with E-state index in [4.69, 9.17) is 0 Å². The molecule has 0 spiro atoms. The zero-order chi connectivity index (χ0) is 21.8. The van der Waals surface area contributed by atoms with Gasteiger partial charge in [0.25, 0.3) is 5.91 Å². The monoisotopic (exact) mass is 421 g/mol. The molecule has 6 nitrogen and oxygen atoms in total. The number of benzene rings is 1. The van der Waals surface area contributed by atoms with Crippen LogP contribution in [0, 0.1) is 12.8 Å². The molecule has 1 aliphatic heterocycles. The number of aryl methyl sites for hydroxylation is 1. The second-order valence-electron chi connectivity index (χ2n) is 9.06. The van der Waals surface area contributed by atoms with Gasteiger partial charge in [0.05, 0.1) is 12.7 Å². The van der Waals surface area contributed by atoms with E-state index in [9.17, 15) is 14.7 Å². The van der Waals surface area contributed by atoms with Crippen molar-refractivity contribution >= 4 is 11.7 Å². The third-order valence-electron chi connectivity index (χ3n) is 6.63. The molecule has 1 aromatic carbocycles. The zero-order valence-corrected chi connectivity index (χ0v) is 18.1. The number of pyridine rings is 1. The number of hydrogen-bond donors (Lipinski definition) is 2. The largest absolute Gasteiger partial charge is 0.506 e. The lowest BCUT2D eigenvalue weighted by Gasteiger charge is -2.46. The molecule has 2 fully saturated rings. The van der Waals surface area contributed by atoms with Crippen molar-refractivity contribution in [3.63, 3.8) is 0 Å². The average Bonchev–Trinajstić information content (AvgIpc) is 2.75. The minimum absolute atomic E-state index is 0.104. The first-order valence-corrected chi connectivity index (χ1v) is 11.2. The van der Waals surface area contributed by atoms with Crippen molar-refractivity contribution in [3.05, 3.63) is 59.4 Å². The number of amides is 1. The number of aromatic nitrogens is 1. The van der Waals surface area contributed by atoms with Crippen molar-refractivity contribution in [2.24, 2.45) is 5.92 Å². The highest BCUT2D eigenvalue weighted by Gasteiger charge is 2.35. The molecule has 6 heteroatoms. The molecular weight excluding hydrogens is 390 g/mol. The number of likely N-dealkylation sites (tertiary alicyclic amines) is 1. The van der Waals surface area contributed by atoms with Crippen LogP contribution in [0.5, 0.6) is 5.75 Å². The van der Waals surface area contributed by atoms with Crippen molar-refractivity contribution in [2.75, 3.05) is 19.6 Å². The Kier molecular flexibility index (Phi) is 6.66. The molecule has 0 atom stereocenters. The van der Waals surface area contributed by atoms with E-state index >= 15 is 0 Å². The standard InChI is InChI=1S/C25H31N3O3/c1-17-3-2-4-20(11-17)25(31)27-14-23(30)12-18-15-28(16-18)21-7-5-19(6-8-21)24-10-9-22(29)13-26-24/h2-4,9-11,13,18-19,21,29H,5-8,12,14-16H2,1H3,(H,27,31). The van der Waals surface area contributed by atoms with Gasteiger partial charge in [-0.3, -0.25) is 19.5 Å². The molecule has 0 unspecified atom stereocenters. The molecule has 4 rings (SSSR count). The summed E-state index contributed by atoms with van der Waals surface area (Å²) in [6, 6.07) is 11.6. The third kappa shape index (κ3) is 5.50. The number of rotatable bonds is 7. The fraction of sp³-hybridized carbons (Fsp3) is 0.480. The molecule has 2 N–H and O–H groups in total. The zero-order valence-electron chi connectivity index (χ0n) is 18.1. The Morgan fingerprint density at radius 2 is 1.90 bits per heavy atom. The second-order valence-corrected chi connectivity index (χ2v) is 9.06. The van der Waals surface area contributed by atoms with Crippen molar-refractivity contribution in [3.8, 4) is 5.75 Å². The van der Waals surface area contributed by atoms with Crippen molar-refractivity contribution in [2.45, 2.75) is 51.0 Å². The van der Waals surface area contributed by atoms with Gasteiger partial charge < -0.3 is 10.4 Å². The Hall–Kier alpha value is -2.73. The maximum Gasteiger partial charge on any atom is 0.251 e. The Balaban J connectivity index is 1.14. The van der Waals surface area contributed by atoms with Crippen LogP contribution in [0.15, 0.2) is 42.6 Å². The first-order valence-electron chi connectivity index (χ1n) is 11.2. The number of ketones is 1. The Bertz CT molecular complexity index is 914. The number of carbonyl (C=O) groups excluding carboxylic acids is 2. The summed E-state index contributed by atoms with van der Waals surface area (Å²) in [4.78, 5) is 31.4. The van der Waals surface area contributed by atoms with Crippen LogP contribution in [0.25, 0.3) is 0 Å². The number of nitrogens with one attached hydrogen (secondary N) is 1. The van der Waals surface area contributed by atoms with Crippen LogP contribution in [0.3, 0.4) is 0 Å². The quantitative estimate of drug-likeness (QED) is 0.716. The Morgan fingerprint density at radius 1 is 1.13 bits per heavy atom. The topological polar surface area (TPSA) is 82.5 Å². The van der Waals surface area contributed by atoms with Crippen LogP contribution >= 0.6 is 0 Å². The normalized spacial score (nSPS) is 22.0. The summed E-state index contributed by atoms with van der Waals surface area (Å²) in [5, 5.41) is 12.2. The first-order chi connectivity index (χ1) is 15.0. The molecular formula is C25H31N3O3. The maximum absolute atomic E-state index is 12.3. The molecule has 1 aromatic heterocycles. The first kappa shape index (κ1) is 21.5. The van der Waals surface area contributed by atoms with Crippen molar-refractivity contribution in [1.82, 2.24) is 15.2 Å². The number of aromatic hydroxyl groups is 1. The molecule has 0 radical (unpaired) electrons. The summed E-state index contributed by atoms with van der Waals surface area (Å²) in [5.41, 5.74) is 2.71. The molecule has 2 heterocycles. The van der Waals surface area contributed by atoms with E-state index in [-0.39, 0.29) is 24.0 Å². The molecule has 1 aliphatic carbocycles. The van der Waals surface area contributed by atoms with Crippen LogP contribution in [-0.4, -0.2) is 52.4 Å². The molecule has 0 bridgehead atoms. The maximum atomic E-state index is 12.3. The summed E-state index contributed by atoms with van der Waals surface area (Å²) in [6.07, 6.45) is 6.61. The van der Waals surface area contributed by atoms with Gasteiger partial charge in [0.15, 0.2) is 5.78 Å². The summed E-state index contributed by atoms with van der Waals surface area (Å²) >= 11 is 0. The number of Topliss-reactive ketones (excluding diaryl/α,β-unsaturated/α-hetero) is 1. The van der Waals surface area contributed by atoms with Gasteiger partial charge in [0.1, 0.15) is 5.75 Å². The minimum atomic E-state index is -0.188. The lowest BCUT2D eigenvalue weighted by molar-refractivity contribution is -0.120. The van der Waals surface area contributed by atoms with Crippen molar-refractivity contribution in [1.29, 1.82) is 0 Å². The van der Waals surface area contributed by atoms with Gasteiger partial charge in [-0.25, -0.2) is 0 Å². The third-order valence-corrected chi connectivity index (χ3v) is 6.63. The lowest BCUT2D eigenvalue weighted by atomic mass is 9.81. The molecule has 164 valence electrons. The van der Waals surface area contributed by atoms with Gasteiger partial charge in [0.2, 0.25) is 0 Å².